The van der Waals surface area contributed by atoms with Gasteiger partial charge in [0.2, 0.25) is 0 Å². The maximum Gasteiger partial charge on any atom is 0.337 e. The van der Waals surface area contributed by atoms with Crippen molar-refractivity contribution in [1.82, 2.24) is 0 Å². The van der Waals surface area contributed by atoms with Gasteiger partial charge in [-0.3, -0.25) is 14.9 Å². The largest absolute Gasteiger partial charge is 0.463 e. The van der Waals surface area contributed by atoms with Crippen molar-refractivity contribution in [1.29, 1.82) is 0 Å². The molecule has 0 aliphatic rings. The first-order chi connectivity index (χ1) is 11.9. The number of esters is 2. The number of benzene rings is 2. The van der Waals surface area contributed by atoms with Gasteiger partial charge < -0.3 is 9.47 Å². The smallest absolute Gasteiger partial charge is 0.337 e. The lowest BCUT2D eigenvalue weighted by molar-refractivity contribution is -0.384. The van der Waals surface area contributed by atoms with Crippen molar-refractivity contribution in [3.05, 3.63) is 64.2 Å². The first-order valence-electron chi connectivity index (χ1n) is 7.56. The van der Waals surface area contributed by atoms with E-state index < -0.39 is 23.0 Å². The summed E-state index contributed by atoms with van der Waals surface area (Å²) in [6, 6.07) is 9.86. The summed E-state index contributed by atoms with van der Waals surface area (Å²) >= 11 is 0. The number of hydrogen-bond acceptors (Lipinski definition) is 6. The van der Waals surface area contributed by atoms with Gasteiger partial charge in [-0.05, 0) is 24.4 Å². The Morgan fingerprint density at radius 2 is 1.92 bits per heavy atom. The van der Waals surface area contributed by atoms with Crippen molar-refractivity contribution >= 4 is 28.4 Å². The molecule has 0 heterocycles. The van der Waals surface area contributed by atoms with Crippen LogP contribution in [0.1, 0.15) is 25.5 Å². The maximum atomic E-state index is 12.0. The second kappa shape index (κ2) is 7.57. The Hall–Kier alpha value is -3.22. The lowest BCUT2D eigenvalue weighted by Crippen LogP contribution is -2.19. The molecule has 0 aliphatic heterocycles. The van der Waals surface area contributed by atoms with E-state index in [2.05, 4.69) is 6.58 Å². The number of hydrogen-bond donors (Lipinski definition) is 0. The van der Waals surface area contributed by atoms with Crippen LogP contribution in [0.3, 0.4) is 0 Å². The predicted octanol–water partition coefficient (Wildman–Crippen LogP) is 3.47. The molecule has 7 nitrogen and oxygen atoms in total. The molecule has 0 saturated heterocycles. The Morgan fingerprint density at radius 3 is 2.52 bits per heavy atom. The molecule has 130 valence electrons. The van der Waals surface area contributed by atoms with Crippen molar-refractivity contribution < 1.29 is 24.0 Å². The first-order valence-corrected chi connectivity index (χ1v) is 7.56. The Balaban J connectivity index is 2.66. The highest BCUT2D eigenvalue weighted by Crippen LogP contribution is 2.37. The van der Waals surface area contributed by atoms with E-state index >= 15 is 0 Å². The highest BCUT2D eigenvalue weighted by atomic mass is 16.6. The van der Waals surface area contributed by atoms with Crippen molar-refractivity contribution in [2.45, 2.75) is 20.0 Å². The van der Waals surface area contributed by atoms with Gasteiger partial charge >= 0.3 is 11.9 Å². The van der Waals surface area contributed by atoms with Gasteiger partial charge in [0.15, 0.2) is 6.10 Å². The fourth-order valence-electron chi connectivity index (χ4n) is 2.51. The van der Waals surface area contributed by atoms with Crippen LogP contribution >= 0.6 is 0 Å². The standard InChI is InChI=1S/C18H17NO6/c1-4-24-18(21)11(2)17(25-12(3)20)15-10-9-13-7-5-6-8-14(13)16(15)19(22)23/h5-10,17H,2,4H2,1,3H3. The van der Waals surface area contributed by atoms with E-state index in [1.165, 1.54) is 6.07 Å². The van der Waals surface area contributed by atoms with Crippen molar-refractivity contribution in [3.63, 3.8) is 0 Å². The monoisotopic (exact) mass is 343 g/mol. The van der Waals surface area contributed by atoms with Gasteiger partial charge in [-0.15, -0.1) is 0 Å². The average Bonchev–Trinajstić information content (AvgIpc) is 2.58. The molecule has 0 aliphatic carbocycles. The predicted molar refractivity (Wildman–Crippen MR) is 90.9 cm³/mol. The number of nitro groups is 1. The fraction of sp³-hybridized carbons (Fsp3) is 0.222. The van der Waals surface area contributed by atoms with Gasteiger partial charge in [-0.25, -0.2) is 4.79 Å². The van der Waals surface area contributed by atoms with Gasteiger partial charge in [-0.2, -0.15) is 0 Å². The summed E-state index contributed by atoms with van der Waals surface area (Å²) in [4.78, 5) is 34.6. The summed E-state index contributed by atoms with van der Waals surface area (Å²) in [6.07, 6.45) is -1.30. The maximum absolute atomic E-state index is 12.0. The molecule has 1 unspecified atom stereocenters. The minimum absolute atomic E-state index is 0.0666. The van der Waals surface area contributed by atoms with Crippen LogP contribution in [0.25, 0.3) is 10.8 Å². The van der Waals surface area contributed by atoms with E-state index in [1.54, 1.807) is 37.3 Å². The molecule has 0 N–H and O–H groups in total. The van der Waals surface area contributed by atoms with Crippen molar-refractivity contribution in [2.75, 3.05) is 6.61 Å². The van der Waals surface area contributed by atoms with Crippen LogP contribution < -0.4 is 0 Å². The van der Waals surface area contributed by atoms with E-state index in [1.807, 2.05) is 0 Å². The molecular weight excluding hydrogens is 326 g/mol. The number of carbonyl (C=O) groups excluding carboxylic acids is 2. The highest BCUT2D eigenvalue weighted by Gasteiger charge is 2.32. The van der Waals surface area contributed by atoms with Crippen LogP contribution in [0.5, 0.6) is 0 Å². The minimum atomic E-state index is -1.30. The molecule has 0 aromatic heterocycles. The summed E-state index contributed by atoms with van der Waals surface area (Å²) in [7, 11) is 0. The molecular formula is C18H17NO6. The Bertz CT molecular complexity index is 858. The number of carbonyl (C=O) groups is 2. The lowest BCUT2D eigenvalue weighted by Gasteiger charge is -2.19. The molecule has 0 fully saturated rings. The summed E-state index contributed by atoms with van der Waals surface area (Å²) < 4.78 is 10.0. The number of fused-ring (bicyclic) bond motifs is 1. The second-order valence-corrected chi connectivity index (χ2v) is 5.22. The third-order valence-electron chi connectivity index (χ3n) is 3.53. The van der Waals surface area contributed by atoms with Gasteiger partial charge in [0.05, 0.1) is 28.1 Å². The van der Waals surface area contributed by atoms with Crippen molar-refractivity contribution in [2.24, 2.45) is 0 Å². The third-order valence-corrected chi connectivity index (χ3v) is 3.53. The fourth-order valence-corrected chi connectivity index (χ4v) is 2.51. The van der Waals surface area contributed by atoms with Gasteiger partial charge in [0, 0.05) is 6.92 Å². The van der Waals surface area contributed by atoms with Crippen molar-refractivity contribution in [3.8, 4) is 0 Å². The molecule has 0 radical (unpaired) electrons. The first kappa shape index (κ1) is 18.1. The SMILES string of the molecule is C=C(C(=O)OCC)C(OC(C)=O)c1ccc2ccccc2c1[N+](=O)[O-]. The van der Waals surface area contributed by atoms with E-state index in [-0.39, 0.29) is 23.4 Å². The highest BCUT2D eigenvalue weighted by molar-refractivity contribution is 5.95. The molecule has 0 bridgehead atoms. The van der Waals surface area contributed by atoms with E-state index in [9.17, 15) is 19.7 Å². The number of nitrogens with zero attached hydrogens (tertiary/aromatic N) is 1. The topological polar surface area (TPSA) is 95.7 Å². The quantitative estimate of drug-likeness (QED) is 0.345. The van der Waals surface area contributed by atoms with Crippen LogP contribution in [-0.2, 0) is 19.1 Å². The van der Waals surface area contributed by atoms with E-state index in [0.29, 0.717) is 10.8 Å². The Kier molecular flexibility index (Phi) is 5.49. The zero-order chi connectivity index (χ0) is 18.6. The number of ether oxygens (including phenoxy) is 2. The second-order valence-electron chi connectivity index (χ2n) is 5.22. The van der Waals surface area contributed by atoms with Crippen LogP contribution in [0, 0.1) is 10.1 Å². The van der Waals surface area contributed by atoms with E-state index in [0.717, 1.165) is 6.92 Å². The molecule has 2 rings (SSSR count). The molecule has 0 amide bonds. The lowest BCUT2D eigenvalue weighted by atomic mass is 9.96. The van der Waals surface area contributed by atoms with Crippen LogP contribution in [0.15, 0.2) is 48.6 Å². The molecule has 25 heavy (non-hydrogen) atoms. The third kappa shape index (κ3) is 3.82. The normalized spacial score (nSPS) is 11.6. The zero-order valence-corrected chi connectivity index (χ0v) is 13.9. The summed E-state index contributed by atoms with van der Waals surface area (Å²) in [5.41, 5.74) is -0.359. The molecule has 2 aromatic carbocycles. The Morgan fingerprint density at radius 1 is 1.24 bits per heavy atom. The summed E-state index contributed by atoms with van der Waals surface area (Å²) in [5, 5.41) is 12.7. The van der Waals surface area contributed by atoms with Gasteiger partial charge in [0.1, 0.15) is 0 Å². The molecule has 0 saturated carbocycles. The van der Waals surface area contributed by atoms with Crippen LogP contribution in [-0.4, -0.2) is 23.5 Å². The molecule has 0 spiro atoms. The van der Waals surface area contributed by atoms with Crippen LogP contribution in [0.4, 0.5) is 5.69 Å². The summed E-state index contributed by atoms with van der Waals surface area (Å²) in [6.45, 7) is 6.48. The molecule has 7 heteroatoms. The van der Waals surface area contributed by atoms with Gasteiger partial charge in [-0.1, -0.05) is 30.8 Å². The Labute approximate surface area is 144 Å². The average molecular weight is 343 g/mol. The van der Waals surface area contributed by atoms with E-state index in [4.69, 9.17) is 9.47 Å². The summed E-state index contributed by atoms with van der Waals surface area (Å²) in [5.74, 6) is -1.48. The van der Waals surface area contributed by atoms with Gasteiger partial charge in [0.25, 0.3) is 5.69 Å². The minimum Gasteiger partial charge on any atom is -0.463 e. The molecule has 1 atom stereocenters. The van der Waals surface area contributed by atoms with Crippen LogP contribution in [0.2, 0.25) is 0 Å². The zero-order valence-electron chi connectivity index (χ0n) is 13.9. The number of nitro benzene ring substituents is 1. The molecule has 2 aromatic rings. The number of rotatable bonds is 6.